The van der Waals surface area contributed by atoms with Crippen LogP contribution in [0.2, 0.25) is 0 Å². The molecule has 1 aromatic carbocycles. The van der Waals surface area contributed by atoms with Crippen LogP contribution in [0, 0.1) is 13.8 Å². The van der Waals surface area contributed by atoms with Gasteiger partial charge in [-0.25, -0.2) is 4.68 Å². The molecule has 1 saturated carbocycles. The molecule has 0 saturated heterocycles. The SMILES string of the molecule is Cc1cccc(-n2nnc(C=O)c2C2CCC2)c1C. The van der Waals surface area contributed by atoms with E-state index in [-0.39, 0.29) is 0 Å². The second-order valence-electron chi connectivity index (χ2n) is 5.24. The van der Waals surface area contributed by atoms with Crippen LogP contribution in [0.4, 0.5) is 0 Å². The monoisotopic (exact) mass is 255 g/mol. The number of carbonyl (C=O) groups is 1. The normalized spacial score (nSPS) is 15.3. The van der Waals surface area contributed by atoms with Crippen molar-refractivity contribution < 1.29 is 4.79 Å². The molecule has 0 amide bonds. The fraction of sp³-hybridized carbons (Fsp3) is 0.400. The zero-order valence-electron chi connectivity index (χ0n) is 11.3. The molecular weight excluding hydrogens is 238 g/mol. The van der Waals surface area contributed by atoms with Gasteiger partial charge in [0.05, 0.1) is 11.4 Å². The molecule has 0 N–H and O–H groups in total. The van der Waals surface area contributed by atoms with Crippen molar-refractivity contribution in [2.24, 2.45) is 0 Å². The zero-order chi connectivity index (χ0) is 13.4. The number of rotatable bonds is 3. The summed E-state index contributed by atoms with van der Waals surface area (Å²) in [4.78, 5) is 11.2. The Morgan fingerprint density at radius 1 is 1.32 bits per heavy atom. The number of aldehydes is 1. The fourth-order valence-electron chi connectivity index (χ4n) is 2.59. The van der Waals surface area contributed by atoms with Crippen molar-refractivity contribution in [3.63, 3.8) is 0 Å². The summed E-state index contributed by atoms with van der Waals surface area (Å²) >= 11 is 0. The third kappa shape index (κ3) is 1.87. The van der Waals surface area contributed by atoms with Gasteiger partial charge < -0.3 is 0 Å². The lowest BCUT2D eigenvalue weighted by Gasteiger charge is -2.26. The van der Waals surface area contributed by atoms with E-state index in [1.807, 2.05) is 16.8 Å². The van der Waals surface area contributed by atoms with Gasteiger partial charge in [-0.3, -0.25) is 4.79 Å². The van der Waals surface area contributed by atoms with E-state index in [9.17, 15) is 4.79 Å². The third-order valence-electron chi connectivity index (χ3n) is 4.14. The second kappa shape index (κ2) is 4.61. The number of hydrogen-bond donors (Lipinski definition) is 0. The summed E-state index contributed by atoms with van der Waals surface area (Å²) in [5.74, 6) is 0.426. The van der Waals surface area contributed by atoms with Crippen molar-refractivity contribution >= 4 is 6.29 Å². The summed E-state index contributed by atoms with van der Waals surface area (Å²) in [5, 5.41) is 8.23. The van der Waals surface area contributed by atoms with Crippen LogP contribution in [0.5, 0.6) is 0 Å². The lowest BCUT2D eigenvalue weighted by molar-refractivity contribution is 0.111. The van der Waals surface area contributed by atoms with Crippen molar-refractivity contribution in [2.75, 3.05) is 0 Å². The number of carbonyl (C=O) groups excluding carboxylic acids is 1. The summed E-state index contributed by atoms with van der Waals surface area (Å²) in [6.45, 7) is 4.16. The molecule has 1 fully saturated rings. The number of benzene rings is 1. The van der Waals surface area contributed by atoms with E-state index < -0.39 is 0 Å². The van der Waals surface area contributed by atoms with Crippen LogP contribution in [0.15, 0.2) is 18.2 Å². The smallest absolute Gasteiger partial charge is 0.172 e. The quantitative estimate of drug-likeness (QED) is 0.792. The minimum atomic E-state index is 0.426. The molecule has 0 spiro atoms. The Balaban J connectivity index is 2.17. The molecule has 98 valence electrons. The summed E-state index contributed by atoms with van der Waals surface area (Å²) in [5.41, 5.74) is 4.91. The topological polar surface area (TPSA) is 47.8 Å². The molecule has 4 nitrogen and oxygen atoms in total. The minimum Gasteiger partial charge on any atom is -0.296 e. The first-order valence-electron chi connectivity index (χ1n) is 6.69. The zero-order valence-corrected chi connectivity index (χ0v) is 11.3. The summed E-state index contributed by atoms with van der Waals surface area (Å²) < 4.78 is 1.86. The van der Waals surface area contributed by atoms with Crippen LogP contribution in [0.1, 0.15) is 52.5 Å². The van der Waals surface area contributed by atoms with Crippen molar-refractivity contribution in [3.05, 3.63) is 40.7 Å². The van der Waals surface area contributed by atoms with Crippen molar-refractivity contribution in [1.82, 2.24) is 15.0 Å². The molecule has 4 heteroatoms. The number of nitrogens with zero attached hydrogens (tertiary/aromatic N) is 3. The van der Waals surface area contributed by atoms with Gasteiger partial charge in [0.2, 0.25) is 0 Å². The summed E-state index contributed by atoms with van der Waals surface area (Å²) in [7, 11) is 0. The lowest BCUT2D eigenvalue weighted by atomic mass is 9.82. The van der Waals surface area contributed by atoms with Crippen LogP contribution < -0.4 is 0 Å². The third-order valence-corrected chi connectivity index (χ3v) is 4.14. The van der Waals surface area contributed by atoms with Crippen LogP contribution >= 0.6 is 0 Å². The predicted octanol–water partition coefficient (Wildman–Crippen LogP) is 2.96. The van der Waals surface area contributed by atoms with Gasteiger partial charge in [-0.05, 0) is 43.9 Å². The van der Waals surface area contributed by atoms with Gasteiger partial charge in [-0.1, -0.05) is 23.8 Å². The van der Waals surface area contributed by atoms with Crippen LogP contribution in [-0.4, -0.2) is 21.3 Å². The molecule has 2 aromatic rings. The van der Waals surface area contributed by atoms with Gasteiger partial charge >= 0.3 is 0 Å². The highest BCUT2D eigenvalue weighted by Gasteiger charge is 2.28. The molecule has 0 bridgehead atoms. The Morgan fingerprint density at radius 3 is 2.74 bits per heavy atom. The van der Waals surface area contributed by atoms with Gasteiger partial charge in [0.1, 0.15) is 5.69 Å². The molecule has 19 heavy (non-hydrogen) atoms. The Labute approximate surface area is 112 Å². The van der Waals surface area contributed by atoms with E-state index in [0.717, 1.165) is 30.5 Å². The van der Waals surface area contributed by atoms with E-state index in [1.165, 1.54) is 17.5 Å². The fourth-order valence-corrected chi connectivity index (χ4v) is 2.59. The van der Waals surface area contributed by atoms with Gasteiger partial charge in [-0.2, -0.15) is 0 Å². The van der Waals surface area contributed by atoms with Gasteiger partial charge in [0.15, 0.2) is 6.29 Å². The van der Waals surface area contributed by atoms with Crippen molar-refractivity contribution in [1.29, 1.82) is 0 Å². The van der Waals surface area contributed by atoms with Crippen LogP contribution in [0.25, 0.3) is 5.69 Å². The van der Waals surface area contributed by atoms with E-state index >= 15 is 0 Å². The molecule has 0 atom stereocenters. The van der Waals surface area contributed by atoms with Gasteiger partial charge in [0.25, 0.3) is 0 Å². The maximum atomic E-state index is 11.2. The number of hydrogen-bond acceptors (Lipinski definition) is 3. The maximum absolute atomic E-state index is 11.2. The number of aryl methyl sites for hydroxylation is 1. The van der Waals surface area contributed by atoms with Gasteiger partial charge in [-0.15, -0.1) is 5.10 Å². The average Bonchev–Trinajstić information content (AvgIpc) is 2.74. The Morgan fingerprint density at radius 2 is 2.11 bits per heavy atom. The van der Waals surface area contributed by atoms with E-state index in [1.54, 1.807) is 0 Å². The molecule has 1 aromatic heterocycles. The van der Waals surface area contributed by atoms with E-state index in [4.69, 9.17) is 0 Å². The molecule has 0 radical (unpaired) electrons. The van der Waals surface area contributed by atoms with Gasteiger partial charge in [0, 0.05) is 5.92 Å². The Bertz CT molecular complexity index is 626. The summed E-state index contributed by atoms with van der Waals surface area (Å²) in [6.07, 6.45) is 4.29. The first-order chi connectivity index (χ1) is 9.22. The highest BCUT2D eigenvalue weighted by atomic mass is 16.1. The Hall–Kier alpha value is -1.97. The lowest BCUT2D eigenvalue weighted by Crippen LogP contribution is -2.16. The average molecular weight is 255 g/mol. The first kappa shape index (κ1) is 12.1. The molecule has 1 aliphatic rings. The van der Waals surface area contributed by atoms with Crippen LogP contribution in [0.3, 0.4) is 0 Å². The number of aromatic nitrogens is 3. The highest BCUT2D eigenvalue weighted by molar-refractivity contribution is 5.74. The standard InChI is InChI=1S/C15H17N3O/c1-10-5-3-8-14(11(10)2)18-15(12-6-4-7-12)13(9-19)16-17-18/h3,5,8-9,12H,4,6-7H2,1-2H3. The maximum Gasteiger partial charge on any atom is 0.172 e. The molecule has 1 heterocycles. The van der Waals surface area contributed by atoms with E-state index in [2.05, 4.69) is 30.2 Å². The molecule has 0 aliphatic heterocycles. The van der Waals surface area contributed by atoms with Crippen LogP contribution in [-0.2, 0) is 0 Å². The predicted molar refractivity (Wildman–Crippen MR) is 72.8 cm³/mol. The summed E-state index contributed by atoms with van der Waals surface area (Å²) in [6, 6.07) is 6.14. The molecular formula is C15H17N3O. The Kier molecular flexibility index (Phi) is 2.93. The molecule has 0 unspecified atom stereocenters. The minimum absolute atomic E-state index is 0.426. The highest BCUT2D eigenvalue weighted by Crippen LogP contribution is 2.38. The van der Waals surface area contributed by atoms with Crippen molar-refractivity contribution in [2.45, 2.75) is 39.0 Å². The first-order valence-corrected chi connectivity index (χ1v) is 6.69. The van der Waals surface area contributed by atoms with Crippen molar-refractivity contribution in [3.8, 4) is 5.69 Å². The molecule has 1 aliphatic carbocycles. The molecule has 3 rings (SSSR count). The van der Waals surface area contributed by atoms with E-state index in [0.29, 0.717) is 11.6 Å². The largest absolute Gasteiger partial charge is 0.296 e. The second-order valence-corrected chi connectivity index (χ2v) is 5.24.